The number of rotatable bonds is 7. The van der Waals surface area contributed by atoms with Gasteiger partial charge < -0.3 is 10.3 Å². The zero-order valence-corrected chi connectivity index (χ0v) is 12.5. The van der Waals surface area contributed by atoms with Crippen molar-refractivity contribution in [3.8, 4) is 0 Å². The van der Waals surface area contributed by atoms with Gasteiger partial charge in [-0.3, -0.25) is 4.79 Å². The molecule has 0 aliphatic carbocycles. The molecule has 0 spiro atoms. The molecular weight excluding hydrogens is 262 g/mol. The molecule has 0 saturated heterocycles. The van der Waals surface area contributed by atoms with Crippen molar-refractivity contribution in [1.82, 2.24) is 14.9 Å². The fourth-order valence-electron chi connectivity index (χ4n) is 1.76. The third-order valence-electron chi connectivity index (χ3n) is 2.84. The van der Waals surface area contributed by atoms with Crippen molar-refractivity contribution in [2.45, 2.75) is 32.2 Å². The molecule has 106 valence electrons. The molecule has 1 aromatic heterocycles. The molecule has 0 aliphatic rings. The van der Waals surface area contributed by atoms with Gasteiger partial charge in [-0.05, 0) is 20.3 Å². The Balaban J connectivity index is 2.75. The Morgan fingerprint density at radius 1 is 1.37 bits per heavy atom. The molecular formula is C12H21N5OS. The maximum Gasteiger partial charge on any atom is 0.232 e. The van der Waals surface area contributed by atoms with Gasteiger partial charge in [0.25, 0.3) is 0 Å². The van der Waals surface area contributed by atoms with Crippen molar-refractivity contribution in [3.05, 3.63) is 11.9 Å². The Bertz CT molecular complexity index is 423. The first-order chi connectivity index (χ1) is 9.17. The summed E-state index contributed by atoms with van der Waals surface area (Å²) in [5, 5.41) is 0.811. The van der Waals surface area contributed by atoms with Crippen molar-refractivity contribution in [3.63, 3.8) is 0 Å². The predicted molar refractivity (Wildman–Crippen MR) is 77.9 cm³/mol. The zero-order chi connectivity index (χ0) is 14.3. The number of nitrogen functional groups attached to an aromatic ring is 1. The first-order valence-corrected chi connectivity index (χ1v) is 7.37. The van der Waals surface area contributed by atoms with E-state index >= 15 is 0 Å². The van der Waals surface area contributed by atoms with Crippen molar-refractivity contribution in [2.24, 2.45) is 5.84 Å². The molecule has 3 N–H and O–H groups in total. The van der Waals surface area contributed by atoms with Crippen LogP contribution in [0.1, 0.15) is 26.3 Å². The topological polar surface area (TPSA) is 84.1 Å². The van der Waals surface area contributed by atoms with E-state index in [1.54, 1.807) is 0 Å². The van der Waals surface area contributed by atoms with Crippen molar-refractivity contribution >= 4 is 23.5 Å². The van der Waals surface area contributed by atoms with Crippen molar-refractivity contribution in [1.29, 1.82) is 0 Å². The van der Waals surface area contributed by atoms with Gasteiger partial charge in [-0.1, -0.05) is 18.7 Å². The maximum atomic E-state index is 12.0. The SMILES string of the molecule is CCc1c(NN)ncnc1SCC(=O)N(CC)CC. The summed E-state index contributed by atoms with van der Waals surface area (Å²) >= 11 is 1.43. The number of carbonyl (C=O) groups excluding carboxylic acids is 1. The lowest BCUT2D eigenvalue weighted by molar-refractivity contribution is -0.127. The average Bonchev–Trinajstić information content (AvgIpc) is 2.45. The van der Waals surface area contributed by atoms with Crippen molar-refractivity contribution < 1.29 is 4.79 Å². The molecule has 0 fully saturated rings. The van der Waals surface area contributed by atoms with Crippen LogP contribution in [0.3, 0.4) is 0 Å². The van der Waals surface area contributed by atoms with Gasteiger partial charge >= 0.3 is 0 Å². The molecule has 19 heavy (non-hydrogen) atoms. The lowest BCUT2D eigenvalue weighted by Gasteiger charge is -2.18. The summed E-state index contributed by atoms with van der Waals surface area (Å²) in [7, 11) is 0. The van der Waals surface area contributed by atoms with Gasteiger partial charge in [0, 0.05) is 18.7 Å². The smallest absolute Gasteiger partial charge is 0.232 e. The third kappa shape index (κ3) is 4.07. The van der Waals surface area contributed by atoms with E-state index in [1.807, 2.05) is 25.7 Å². The largest absolute Gasteiger partial charge is 0.343 e. The van der Waals surface area contributed by atoms with Gasteiger partial charge in [-0.2, -0.15) is 0 Å². The molecule has 0 bridgehead atoms. The second kappa shape index (κ2) is 7.96. The summed E-state index contributed by atoms with van der Waals surface area (Å²) in [5.74, 6) is 6.55. The average molecular weight is 283 g/mol. The van der Waals surface area contributed by atoms with E-state index in [2.05, 4.69) is 15.4 Å². The highest BCUT2D eigenvalue weighted by atomic mass is 32.2. The van der Waals surface area contributed by atoms with Gasteiger partial charge in [-0.25, -0.2) is 15.8 Å². The summed E-state index contributed by atoms with van der Waals surface area (Å²) in [6.45, 7) is 7.43. The number of hydrazine groups is 1. The molecule has 0 atom stereocenters. The Labute approximate surface area is 118 Å². The van der Waals surface area contributed by atoms with E-state index in [4.69, 9.17) is 5.84 Å². The van der Waals surface area contributed by atoms with Crippen LogP contribution in [0.15, 0.2) is 11.4 Å². The summed E-state index contributed by atoms with van der Waals surface area (Å²) in [6, 6.07) is 0. The minimum Gasteiger partial charge on any atom is -0.343 e. The van der Waals surface area contributed by atoms with E-state index in [1.165, 1.54) is 18.1 Å². The fraction of sp³-hybridized carbons (Fsp3) is 0.583. The molecule has 0 radical (unpaired) electrons. The highest BCUT2D eigenvalue weighted by Crippen LogP contribution is 2.25. The number of amides is 1. The van der Waals surface area contributed by atoms with E-state index < -0.39 is 0 Å². The minimum absolute atomic E-state index is 0.123. The molecule has 7 heteroatoms. The Hall–Kier alpha value is -1.34. The van der Waals surface area contributed by atoms with E-state index in [0.29, 0.717) is 11.6 Å². The molecule has 1 rings (SSSR count). The summed E-state index contributed by atoms with van der Waals surface area (Å²) in [4.78, 5) is 22.1. The van der Waals surface area contributed by atoms with Gasteiger partial charge in [0.2, 0.25) is 5.91 Å². The van der Waals surface area contributed by atoms with Crippen LogP contribution in [0.4, 0.5) is 5.82 Å². The lowest BCUT2D eigenvalue weighted by atomic mass is 10.2. The Morgan fingerprint density at radius 2 is 2.05 bits per heavy atom. The molecule has 0 aromatic carbocycles. The van der Waals surface area contributed by atoms with Crippen LogP contribution in [0, 0.1) is 0 Å². The van der Waals surface area contributed by atoms with Crippen LogP contribution >= 0.6 is 11.8 Å². The second-order valence-electron chi connectivity index (χ2n) is 3.86. The molecule has 1 amide bonds. The summed E-state index contributed by atoms with van der Waals surface area (Å²) < 4.78 is 0. The Kier molecular flexibility index (Phi) is 6.58. The number of nitrogens with zero attached hydrogens (tertiary/aromatic N) is 3. The molecule has 1 heterocycles. The van der Waals surface area contributed by atoms with Crippen LogP contribution in [0.5, 0.6) is 0 Å². The number of nitrogens with one attached hydrogen (secondary N) is 1. The third-order valence-corrected chi connectivity index (χ3v) is 3.86. The van der Waals surface area contributed by atoms with Crippen LogP contribution in [0.2, 0.25) is 0 Å². The van der Waals surface area contributed by atoms with Gasteiger partial charge in [0.15, 0.2) is 0 Å². The van der Waals surface area contributed by atoms with Crippen molar-refractivity contribution in [2.75, 3.05) is 24.3 Å². The van der Waals surface area contributed by atoms with Gasteiger partial charge in [0.1, 0.15) is 17.2 Å². The summed E-state index contributed by atoms with van der Waals surface area (Å²) in [6.07, 6.45) is 2.22. The molecule has 0 aliphatic heterocycles. The van der Waals surface area contributed by atoms with E-state index in [-0.39, 0.29) is 5.91 Å². The second-order valence-corrected chi connectivity index (χ2v) is 4.82. The predicted octanol–water partition coefficient (Wildman–Crippen LogP) is 1.29. The minimum atomic E-state index is 0.123. The highest BCUT2D eigenvalue weighted by molar-refractivity contribution is 7.99. The number of hydrogen-bond donors (Lipinski definition) is 2. The summed E-state index contributed by atoms with van der Waals surface area (Å²) in [5.41, 5.74) is 3.51. The standard InChI is InChI=1S/C12H21N5OS/c1-4-9-11(16-13)14-8-15-12(9)19-7-10(18)17(5-2)6-3/h8H,4-7,13H2,1-3H3,(H,14,15,16). The normalized spacial score (nSPS) is 10.3. The molecule has 1 aromatic rings. The van der Waals surface area contributed by atoms with E-state index in [0.717, 1.165) is 30.1 Å². The number of aromatic nitrogens is 2. The monoisotopic (exact) mass is 283 g/mol. The first-order valence-electron chi connectivity index (χ1n) is 6.38. The maximum absolute atomic E-state index is 12.0. The highest BCUT2D eigenvalue weighted by Gasteiger charge is 2.14. The van der Waals surface area contributed by atoms with Gasteiger partial charge in [-0.15, -0.1) is 0 Å². The number of thioether (sulfide) groups is 1. The fourth-order valence-corrected chi connectivity index (χ4v) is 2.74. The molecule has 0 saturated carbocycles. The molecule has 6 nitrogen and oxygen atoms in total. The quantitative estimate of drug-likeness (QED) is 0.339. The number of hydrogen-bond acceptors (Lipinski definition) is 6. The van der Waals surface area contributed by atoms with Crippen LogP contribution in [-0.2, 0) is 11.2 Å². The van der Waals surface area contributed by atoms with E-state index in [9.17, 15) is 4.79 Å². The van der Waals surface area contributed by atoms with Crippen LogP contribution < -0.4 is 11.3 Å². The first kappa shape index (κ1) is 15.7. The van der Waals surface area contributed by atoms with Gasteiger partial charge in [0.05, 0.1) is 5.75 Å². The number of carbonyl (C=O) groups is 1. The number of nitrogens with two attached hydrogens (primary N) is 1. The lowest BCUT2D eigenvalue weighted by Crippen LogP contribution is -2.31. The molecule has 0 unspecified atom stereocenters. The Morgan fingerprint density at radius 3 is 2.58 bits per heavy atom. The zero-order valence-electron chi connectivity index (χ0n) is 11.6. The van der Waals surface area contributed by atoms with Crippen LogP contribution in [-0.4, -0.2) is 39.6 Å². The van der Waals surface area contributed by atoms with Crippen LogP contribution in [0.25, 0.3) is 0 Å². The number of anilines is 1.